The maximum Gasteiger partial charge on any atom is 0.244 e. The maximum atomic E-state index is 13.2. The van der Waals surface area contributed by atoms with Crippen LogP contribution < -0.4 is 0 Å². The van der Waals surface area contributed by atoms with E-state index in [1.54, 1.807) is 18.3 Å². The Morgan fingerprint density at radius 2 is 1.86 bits per heavy atom. The van der Waals surface area contributed by atoms with E-state index in [4.69, 9.17) is 0 Å². The van der Waals surface area contributed by atoms with Crippen molar-refractivity contribution in [1.29, 1.82) is 0 Å². The molecule has 29 heavy (non-hydrogen) atoms. The highest BCUT2D eigenvalue weighted by Gasteiger charge is 2.37. The Morgan fingerprint density at radius 1 is 1.07 bits per heavy atom. The first-order valence-electron chi connectivity index (χ1n) is 9.93. The molecule has 0 spiro atoms. The number of carbonyl (C=O) groups excluding carboxylic acids is 1. The van der Waals surface area contributed by atoms with Gasteiger partial charge < -0.3 is 4.90 Å². The Balaban J connectivity index is 1.42. The number of carbonyl (C=O) groups is 1. The number of pyridine rings is 1. The molecule has 2 saturated heterocycles. The summed E-state index contributed by atoms with van der Waals surface area (Å²) in [6.45, 7) is 1.50. The first-order chi connectivity index (χ1) is 14.0. The van der Waals surface area contributed by atoms with Crippen LogP contribution in [0, 0.1) is 5.92 Å². The summed E-state index contributed by atoms with van der Waals surface area (Å²) in [4.78, 5) is 19.4. The molecule has 1 unspecified atom stereocenters. The zero-order chi connectivity index (χ0) is 20.4. The molecule has 8 heteroatoms. The van der Waals surface area contributed by atoms with E-state index in [0.717, 1.165) is 29.4 Å². The Hall–Kier alpha value is -1.77. The number of rotatable bonds is 4. The van der Waals surface area contributed by atoms with Crippen LogP contribution in [0.25, 0.3) is 0 Å². The average molecular weight is 478 g/mol. The van der Waals surface area contributed by atoms with Gasteiger partial charge in [-0.25, -0.2) is 8.42 Å². The molecule has 2 fully saturated rings. The van der Waals surface area contributed by atoms with E-state index >= 15 is 0 Å². The summed E-state index contributed by atoms with van der Waals surface area (Å²) >= 11 is 3.52. The van der Waals surface area contributed by atoms with Crippen molar-refractivity contribution < 1.29 is 13.2 Å². The molecule has 2 aliphatic heterocycles. The van der Waals surface area contributed by atoms with E-state index in [1.165, 1.54) is 10.5 Å². The fourth-order valence-electron chi connectivity index (χ4n) is 4.32. The largest absolute Gasteiger partial charge is 0.335 e. The number of aromatic nitrogens is 1. The monoisotopic (exact) mass is 477 g/mol. The minimum atomic E-state index is -3.55. The maximum absolute atomic E-state index is 13.2. The number of hydrogen-bond acceptors (Lipinski definition) is 4. The van der Waals surface area contributed by atoms with Gasteiger partial charge in [-0.3, -0.25) is 9.78 Å². The molecule has 1 atom stereocenters. The van der Waals surface area contributed by atoms with E-state index in [9.17, 15) is 13.2 Å². The standard InChI is InChI=1S/C21H24BrN3O3S/c22-18-5-1-4-17(14-18)20-7-3-11-25(20)21(26)16-8-12-24(13-9-16)29(27,28)19-6-2-10-23-15-19/h1-2,4-6,10,14-16,20H,3,7-9,11-13H2. The van der Waals surface area contributed by atoms with Gasteiger partial charge in [0.1, 0.15) is 4.90 Å². The second kappa shape index (κ2) is 8.53. The van der Waals surface area contributed by atoms with Gasteiger partial charge in [0.2, 0.25) is 15.9 Å². The summed E-state index contributed by atoms with van der Waals surface area (Å²) in [5.41, 5.74) is 1.15. The molecule has 1 amide bonds. The van der Waals surface area contributed by atoms with E-state index in [-0.39, 0.29) is 22.8 Å². The van der Waals surface area contributed by atoms with Crippen LogP contribution in [-0.2, 0) is 14.8 Å². The number of sulfonamides is 1. The number of piperidine rings is 1. The van der Waals surface area contributed by atoms with Gasteiger partial charge in [-0.15, -0.1) is 0 Å². The van der Waals surface area contributed by atoms with Gasteiger partial charge in [0.25, 0.3) is 0 Å². The number of amides is 1. The third-order valence-corrected chi connectivity index (χ3v) is 8.22. The summed E-state index contributed by atoms with van der Waals surface area (Å²) in [7, 11) is -3.55. The predicted molar refractivity (Wildman–Crippen MR) is 114 cm³/mol. The Labute approximate surface area is 180 Å². The van der Waals surface area contributed by atoms with Crippen molar-refractivity contribution >= 4 is 31.9 Å². The zero-order valence-corrected chi connectivity index (χ0v) is 18.5. The molecule has 0 N–H and O–H groups in total. The smallest absolute Gasteiger partial charge is 0.244 e. The van der Waals surface area contributed by atoms with E-state index in [0.29, 0.717) is 25.9 Å². The van der Waals surface area contributed by atoms with Crippen molar-refractivity contribution in [2.24, 2.45) is 5.92 Å². The minimum Gasteiger partial charge on any atom is -0.335 e. The van der Waals surface area contributed by atoms with Gasteiger partial charge in [0.05, 0.1) is 6.04 Å². The van der Waals surface area contributed by atoms with Crippen LogP contribution in [-0.4, -0.2) is 48.1 Å². The molecule has 0 radical (unpaired) electrons. The van der Waals surface area contributed by atoms with Gasteiger partial charge in [0, 0.05) is 42.4 Å². The second-order valence-corrected chi connectivity index (χ2v) is 10.5. The zero-order valence-electron chi connectivity index (χ0n) is 16.1. The van der Waals surface area contributed by atoms with Gasteiger partial charge >= 0.3 is 0 Å². The molecule has 2 aliphatic rings. The number of halogens is 1. The molecule has 4 rings (SSSR count). The van der Waals surface area contributed by atoms with E-state index in [2.05, 4.69) is 33.0 Å². The fraction of sp³-hybridized carbons (Fsp3) is 0.429. The lowest BCUT2D eigenvalue weighted by molar-refractivity contribution is -0.137. The molecule has 3 heterocycles. The van der Waals surface area contributed by atoms with Crippen molar-refractivity contribution in [3.63, 3.8) is 0 Å². The highest BCUT2D eigenvalue weighted by Crippen LogP contribution is 2.36. The fourth-order valence-corrected chi connectivity index (χ4v) is 6.17. The number of hydrogen-bond donors (Lipinski definition) is 0. The molecule has 1 aromatic heterocycles. The third-order valence-electron chi connectivity index (χ3n) is 5.84. The molecular weight excluding hydrogens is 454 g/mol. The minimum absolute atomic E-state index is 0.108. The van der Waals surface area contributed by atoms with E-state index in [1.807, 2.05) is 17.0 Å². The van der Waals surface area contributed by atoms with Gasteiger partial charge in [-0.05, 0) is 55.5 Å². The van der Waals surface area contributed by atoms with Gasteiger partial charge in [-0.2, -0.15) is 4.31 Å². The van der Waals surface area contributed by atoms with Crippen molar-refractivity contribution in [3.8, 4) is 0 Å². The lowest BCUT2D eigenvalue weighted by Gasteiger charge is -2.34. The van der Waals surface area contributed by atoms with Crippen molar-refractivity contribution in [2.45, 2.75) is 36.6 Å². The van der Waals surface area contributed by atoms with E-state index < -0.39 is 10.0 Å². The van der Waals surface area contributed by atoms with Crippen LogP contribution in [0.5, 0.6) is 0 Å². The van der Waals surface area contributed by atoms with Crippen LogP contribution in [0.1, 0.15) is 37.3 Å². The molecule has 0 bridgehead atoms. The number of benzene rings is 1. The van der Waals surface area contributed by atoms with Crippen molar-refractivity contribution in [3.05, 3.63) is 58.8 Å². The SMILES string of the molecule is O=C(C1CCN(S(=O)(=O)c2cccnc2)CC1)N1CCCC1c1cccc(Br)c1. The van der Waals surface area contributed by atoms with Gasteiger partial charge in [-0.1, -0.05) is 28.1 Å². The molecule has 0 saturated carbocycles. The van der Waals surface area contributed by atoms with Crippen LogP contribution in [0.3, 0.4) is 0 Å². The summed E-state index contributed by atoms with van der Waals surface area (Å²) in [5.74, 6) is 0.0361. The van der Waals surface area contributed by atoms with Gasteiger partial charge in [0.15, 0.2) is 0 Å². The Bertz CT molecular complexity index is 976. The average Bonchev–Trinajstić information content (AvgIpc) is 3.24. The highest BCUT2D eigenvalue weighted by atomic mass is 79.9. The van der Waals surface area contributed by atoms with Crippen LogP contribution in [0.2, 0.25) is 0 Å². The predicted octanol–water partition coefficient (Wildman–Crippen LogP) is 3.61. The summed E-state index contributed by atoms with van der Waals surface area (Å²) in [6.07, 6.45) is 6.01. The summed E-state index contributed by atoms with van der Waals surface area (Å²) in [5, 5.41) is 0. The number of likely N-dealkylation sites (tertiary alicyclic amines) is 1. The van der Waals surface area contributed by atoms with Crippen LogP contribution in [0.15, 0.2) is 58.2 Å². The third kappa shape index (κ3) is 4.25. The quantitative estimate of drug-likeness (QED) is 0.674. The molecule has 2 aromatic rings. The normalized spacial score (nSPS) is 21.4. The molecule has 154 valence electrons. The molecule has 0 aliphatic carbocycles. The second-order valence-electron chi connectivity index (χ2n) is 7.61. The van der Waals surface area contributed by atoms with Crippen molar-refractivity contribution in [2.75, 3.05) is 19.6 Å². The lowest BCUT2D eigenvalue weighted by Crippen LogP contribution is -2.44. The topological polar surface area (TPSA) is 70.6 Å². The van der Waals surface area contributed by atoms with Crippen LogP contribution in [0.4, 0.5) is 0 Å². The lowest BCUT2D eigenvalue weighted by atomic mass is 9.95. The first-order valence-corrected chi connectivity index (χ1v) is 12.2. The summed E-state index contributed by atoms with van der Waals surface area (Å²) in [6, 6.07) is 11.4. The Morgan fingerprint density at radius 3 is 2.55 bits per heavy atom. The molecular formula is C21H24BrN3O3S. The first kappa shape index (κ1) is 20.5. The number of nitrogens with zero attached hydrogens (tertiary/aromatic N) is 3. The highest BCUT2D eigenvalue weighted by molar-refractivity contribution is 9.10. The van der Waals surface area contributed by atoms with Crippen molar-refractivity contribution in [1.82, 2.24) is 14.2 Å². The molecule has 6 nitrogen and oxygen atoms in total. The van der Waals surface area contributed by atoms with Crippen LogP contribution >= 0.6 is 15.9 Å². The Kier molecular flexibility index (Phi) is 6.03. The summed E-state index contributed by atoms with van der Waals surface area (Å²) < 4.78 is 28.0. The molecule has 1 aromatic carbocycles.